The Hall–Kier alpha value is -2.49. The maximum absolute atomic E-state index is 13.3. The lowest BCUT2D eigenvalue weighted by Gasteiger charge is -2.31. The summed E-state index contributed by atoms with van der Waals surface area (Å²) in [5, 5.41) is 5.45. The third-order valence-electron chi connectivity index (χ3n) is 4.74. The van der Waals surface area contributed by atoms with Gasteiger partial charge < -0.3 is 4.90 Å². The molecule has 1 saturated heterocycles. The number of alkyl halides is 3. The molecular weight excluding hydrogens is 379 g/mol. The molecular formula is C17H16F3N5OS. The summed E-state index contributed by atoms with van der Waals surface area (Å²) < 4.78 is 40.7. The van der Waals surface area contributed by atoms with Gasteiger partial charge in [-0.1, -0.05) is 0 Å². The molecule has 1 aliphatic heterocycles. The van der Waals surface area contributed by atoms with Gasteiger partial charge in [-0.3, -0.25) is 4.79 Å². The van der Waals surface area contributed by atoms with Crippen molar-refractivity contribution in [3.63, 3.8) is 0 Å². The largest absolute Gasteiger partial charge is 0.433 e. The Bertz CT molecular complexity index is 988. The Balaban J connectivity index is 1.54. The highest BCUT2D eigenvalue weighted by atomic mass is 32.1. The molecule has 0 spiro atoms. The van der Waals surface area contributed by atoms with E-state index >= 15 is 0 Å². The molecule has 6 nitrogen and oxygen atoms in total. The quantitative estimate of drug-likeness (QED) is 0.666. The van der Waals surface area contributed by atoms with Crippen molar-refractivity contribution in [1.29, 1.82) is 0 Å². The van der Waals surface area contributed by atoms with Crippen molar-refractivity contribution in [3.8, 4) is 0 Å². The minimum atomic E-state index is -4.54. The monoisotopic (exact) mass is 395 g/mol. The van der Waals surface area contributed by atoms with Gasteiger partial charge in [0.05, 0.1) is 5.56 Å². The molecule has 3 aromatic rings. The number of fused-ring (bicyclic) bond motifs is 1. The lowest BCUT2D eigenvalue weighted by Crippen LogP contribution is -2.38. The molecule has 0 N–H and O–H groups in total. The lowest BCUT2D eigenvalue weighted by atomic mass is 9.92. The van der Waals surface area contributed by atoms with Gasteiger partial charge in [0.25, 0.3) is 11.7 Å². The van der Waals surface area contributed by atoms with E-state index in [2.05, 4.69) is 15.1 Å². The predicted octanol–water partition coefficient (Wildman–Crippen LogP) is 3.53. The van der Waals surface area contributed by atoms with Crippen molar-refractivity contribution in [2.24, 2.45) is 0 Å². The average molecular weight is 395 g/mol. The van der Waals surface area contributed by atoms with E-state index in [1.807, 2.05) is 18.4 Å². The van der Waals surface area contributed by atoms with E-state index in [1.165, 1.54) is 11.3 Å². The van der Waals surface area contributed by atoms with Crippen molar-refractivity contribution in [2.45, 2.75) is 31.9 Å². The first-order valence-electron chi connectivity index (χ1n) is 8.45. The van der Waals surface area contributed by atoms with Crippen LogP contribution in [0, 0.1) is 6.92 Å². The number of aryl methyl sites for hydroxylation is 1. The summed E-state index contributed by atoms with van der Waals surface area (Å²) in [6, 6.07) is 2.90. The highest BCUT2D eigenvalue weighted by molar-refractivity contribution is 7.10. The number of amides is 1. The molecule has 0 bridgehead atoms. The molecule has 10 heteroatoms. The number of carbonyl (C=O) groups is 1. The van der Waals surface area contributed by atoms with Crippen LogP contribution in [0.25, 0.3) is 5.78 Å². The summed E-state index contributed by atoms with van der Waals surface area (Å²) >= 11 is 1.52. The fourth-order valence-electron chi connectivity index (χ4n) is 3.36. The normalized spacial score (nSPS) is 16.2. The van der Waals surface area contributed by atoms with Crippen molar-refractivity contribution in [3.05, 3.63) is 45.7 Å². The maximum atomic E-state index is 13.3. The van der Waals surface area contributed by atoms with Crippen LogP contribution in [-0.2, 0) is 6.18 Å². The van der Waals surface area contributed by atoms with E-state index in [4.69, 9.17) is 0 Å². The van der Waals surface area contributed by atoms with Gasteiger partial charge in [0.2, 0.25) is 0 Å². The zero-order chi connectivity index (χ0) is 19.2. The van der Waals surface area contributed by atoms with Crippen molar-refractivity contribution in [2.75, 3.05) is 13.1 Å². The number of likely N-dealkylation sites (tertiary alicyclic amines) is 1. The molecule has 1 aliphatic rings. The second kappa shape index (κ2) is 6.59. The topological polar surface area (TPSA) is 63.4 Å². The number of carbonyl (C=O) groups excluding carboxylic acids is 1. The summed E-state index contributed by atoms with van der Waals surface area (Å²) in [5.74, 6) is -0.247. The lowest BCUT2D eigenvalue weighted by molar-refractivity contribution is -0.142. The first kappa shape index (κ1) is 17.9. The third-order valence-corrected chi connectivity index (χ3v) is 5.60. The maximum Gasteiger partial charge on any atom is 0.433 e. The Morgan fingerprint density at radius 3 is 2.63 bits per heavy atom. The van der Waals surface area contributed by atoms with Crippen LogP contribution >= 0.6 is 11.3 Å². The zero-order valence-corrected chi connectivity index (χ0v) is 15.2. The molecule has 1 fully saturated rings. The van der Waals surface area contributed by atoms with Gasteiger partial charge in [-0.2, -0.15) is 27.8 Å². The molecule has 0 radical (unpaired) electrons. The van der Waals surface area contributed by atoms with Crippen molar-refractivity contribution < 1.29 is 18.0 Å². The molecule has 142 valence electrons. The number of nitrogens with zero attached hydrogens (tertiary/aromatic N) is 5. The number of hydrogen-bond donors (Lipinski definition) is 0. The first-order valence-corrected chi connectivity index (χ1v) is 9.33. The number of piperidine rings is 1. The average Bonchev–Trinajstić information content (AvgIpc) is 3.28. The van der Waals surface area contributed by atoms with E-state index < -0.39 is 11.9 Å². The minimum absolute atomic E-state index is 0.0327. The van der Waals surface area contributed by atoms with Crippen LogP contribution in [0.15, 0.2) is 23.8 Å². The Morgan fingerprint density at radius 1 is 1.26 bits per heavy atom. The van der Waals surface area contributed by atoms with Crippen LogP contribution in [0.4, 0.5) is 13.2 Å². The van der Waals surface area contributed by atoms with Gasteiger partial charge in [0, 0.05) is 35.0 Å². The highest BCUT2D eigenvalue weighted by Crippen LogP contribution is 2.33. The van der Waals surface area contributed by atoms with Gasteiger partial charge in [-0.15, -0.1) is 11.3 Å². The number of thiophene rings is 1. The summed E-state index contributed by atoms with van der Waals surface area (Å²) in [5.41, 5.74) is 0.131. The zero-order valence-electron chi connectivity index (χ0n) is 14.4. The molecule has 4 heterocycles. The van der Waals surface area contributed by atoms with Gasteiger partial charge in [-0.25, -0.2) is 4.98 Å². The molecule has 0 aliphatic carbocycles. The Labute approximate surface area is 156 Å². The molecule has 1 amide bonds. The fourth-order valence-corrected chi connectivity index (χ4v) is 4.03. The fraction of sp³-hybridized carbons (Fsp3) is 0.412. The van der Waals surface area contributed by atoms with E-state index in [0.29, 0.717) is 41.7 Å². The van der Waals surface area contributed by atoms with Crippen LogP contribution in [0.3, 0.4) is 0 Å². The second-order valence-electron chi connectivity index (χ2n) is 6.55. The standard InChI is InChI=1S/C17H16F3N5OS/c1-10-6-12(8-27-10)15(26)24-4-2-11(3-5-24)13-7-14(17(18,19)20)25-16(23-13)21-9-22-25/h6-9,11H,2-5H2,1H3. The predicted molar refractivity (Wildman–Crippen MR) is 92.7 cm³/mol. The van der Waals surface area contributed by atoms with Crippen molar-refractivity contribution >= 4 is 23.0 Å². The molecule has 0 aromatic carbocycles. The molecule has 0 unspecified atom stereocenters. The van der Waals surface area contributed by atoms with E-state index in [1.54, 1.807) is 4.90 Å². The SMILES string of the molecule is Cc1cc(C(=O)N2CCC(c3cc(C(F)(F)F)n4ncnc4n3)CC2)cs1. The Kier molecular flexibility index (Phi) is 4.37. The molecule has 4 rings (SSSR count). The van der Waals surface area contributed by atoms with Gasteiger partial charge in [0.15, 0.2) is 5.69 Å². The number of rotatable bonds is 2. The summed E-state index contributed by atoms with van der Waals surface area (Å²) in [6.45, 7) is 2.91. The molecule has 0 atom stereocenters. The van der Waals surface area contributed by atoms with E-state index in [9.17, 15) is 18.0 Å². The van der Waals surface area contributed by atoms with Gasteiger partial charge >= 0.3 is 6.18 Å². The van der Waals surface area contributed by atoms with Crippen LogP contribution in [0.2, 0.25) is 0 Å². The Morgan fingerprint density at radius 2 is 2.00 bits per heavy atom. The highest BCUT2D eigenvalue weighted by Gasteiger charge is 2.36. The summed E-state index contributed by atoms with van der Waals surface area (Å²) in [4.78, 5) is 23.4. The molecule has 3 aromatic heterocycles. The van der Waals surface area contributed by atoms with Crippen molar-refractivity contribution in [1.82, 2.24) is 24.5 Å². The number of hydrogen-bond acceptors (Lipinski definition) is 5. The first-order chi connectivity index (χ1) is 12.8. The van der Waals surface area contributed by atoms with E-state index in [0.717, 1.165) is 17.3 Å². The smallest absolute Gasteiger partial charge is 0.339 e. The second-order valence-corrected chi connectivity index (χ2v) is 7.66. The van der Waals surface area contributed by atoms with Crippen LogP contribution in [-0.4, -0.2) is 43.5 Å². The summed E-state index contributed by atoms with van der Waals surface area (Å²) in [6.07, 6.45) is -2.37. The minimum Gasteiger partial charge on any atom is -0.339 e. The molecule has 27 heavy (non-hydrogen) atoms. The van der Waals surface area contributed by atoms with E-state index in [-0.39, 0.29) is 17.6 Å². The number of halogens is 3. The van der Waals surface area contributed by atoms with Gasteiger partial charge in [-0.05, 0) is 31.9 Å². The van der Waals surface area contributed by atoms with Crippen LogP contribution in [0.1, 0.15) is 45.4 Å². The summed E-state index contributed by atoms with van der Waals surface area (Å²) in [7, 11) is 0. The number of aromatic nitrogens is 4. The third kappa shape index (κ3) is 3.41. The van der Waals surface area contributed by atoms with Crippen LogP contribution < -0.4 is 0 Å². The van der Waals surface area contributed by atoms with Crippen LogP contribution in [0.5, 0.6) is 0 Å². The van der Waals surface area contributed by atoms with Gasteiger partial charge in [0.1, 0.15) is 6.33 Å². The molecule has 0 saturated carbocycles.